The summed E-state index contributed by atoms with van der Waals surface area (Å²) in [5.74, 6) is 0.910. The van der Waals surface area contributed by atoms with Crippen LogP contribution >= 0.6 is 11.8 Å². The summed E-state index contributed by atoms with van der Waals surface area (Å²) >= 11 is 1.34. The van der Waals surface area contributed by atoms with Crippen LogP contribution in [0.25, 0.3) is 10.9 Å². The van der Waals surface area contributed by atoms with E-state index in [0.29, 0.717) is 22.0 Å². The largest absolute Gasteiger partial charge is 0.355 e. The van der Waals surface area contributed by atoms with E-state index in [9.17, 15) is 9.59 Å². The monoisotopic (exact) mass is 373 g/mol. The van der Waals surface area contributed by atoms with Gasteiger partial charge in [-0.1, -0.05) is 43.2 Å². The summed E-state index contributed by atoms with van der Waals surface area (Å²) in [6, 6.07) is 7.36. The Morgan fingerprint density at radius 2 is 2.00 bits per heavy atom. The van der Waals surface area contributed by atoms with E-state index < -0.39 is 0 Å². The highest BCUT2D eigenvalue weighted by Crippen LogP contribution is 2.23. The van der Waals surface area contributed by atoms with E-state index in [0.717, 1.165) is 6.54 Å². The molecule has 5 nitrogen and oxygen atoms in total. The van der Waals surface area contributed by atoms with Gasteiger partial charge in [0.2, 0.25) is 5.91 Å². The van der Waals surface area contributed by atoms with Crippen molar-refractivity contribution in [2.45, 2.75) is 57.1 Å². The lowest BCUT2D eigenvalue weighted by Crippen LogP contribution is -2.32. The molecule has 1 aromatic heterocycles. The molecule has 1 saturated carbocycles. The van der Waals surface area contributed by atoms with Gasteiger partial charge in [-0.25, -0.2) is 4.98 Å². The van der Waals surface area contributed by atoms with Crippen LogP contribution in [0.2, 0.25) is 0 Å². The van der Waals surface area contributed by atoms with E-state index in [4.69, 9.17) is 0 Å². The van der Waals surface area contributed by atoms with Gasteiger partial charge in [-0.15, -0.1) is 0 Å². The number of nitrogens with one attached hydrogen (secondary N) is 1. The van der Waals surface area contributed by atoms with Gasteiger partial charge in [-0.3, -0.25) is 14.2 Å². The predicted molar refractivity (Wildman–Crippen MR) is 107 cm³/mol. The Labute approximate surface area is 158 Å². The van der Waals surface area contributed by atoms with Crippen molar-refractivity contribution in [2.24, 2.45) is 5.92 Å². The summed E-state index contributed by atoms with van der Waals surface area (Å²) in [5.41, 5.74) is 0.634. The highest BCUT2D eigenvalue weighted by Gasteiger charge is 2.17. The number of para-hydroxylation sites is 1. The van der Waals surface area contributed by atoms with Gasteiger partial charge in [-0.2, -0.15) is 0 Å². The third-order valence-corrected chi connectivity index (χ3v) is 5.89. The van der Waals surface area contributed by atoms with Crippen molar-refractivity contribution in [1.82, 2.24) is 14.9 Å². The summed E-state index contributed by atoms with van der Waals surface area (Å²) in [7, 11) is 0. The van der Waals surface area contributed by atoms with Crippen molar-refractivity contribution in [3.63, 3.8) is 0 Å². The lowest BCUT2D eigenvalue weighted by Gasteiger charge is -2.21. The summed E-state index contributed by atoms with van der Waals surface area (Å²) in [6.45, 7) is 4.69. The molecule has 0 aliphatic heterocycles. The van der Waals surface area contributed by atoms with Crippen LogP contribution in [0.3, 0.4) is 0 Å². The third-order valence-electron chi connectivity index (χ3n) is 4.94. The highest BCUT2D eigenvalue weighted by molar-refractivity contribution is 7.99. The molecule has 0 bridgehead atoms. The number of hydrogen-bond acceptors (Lipinski definition) is 4. The van der Waals surface area contributed by atoms with Crippen molar-refractivity contribution in [2.75, 3.05) is 12.3 Å². The second-order valence-electron chi connectivity index (χ2n) is 7.28. The molecule has 0 saturated heterocycles. The number of amides is 1. The first-order valence-electron chi connectivity index (χ1n) is 9.47. The minimum Gasteiger partial charge on any atom is -0.355 e. The van der Waals surface area contributed by atoms with E-state index in [-0.39, 0.29) is 23.3 Å². The standard InChI is InChI=1S/C20H27N3O2S/c1-14(2)23-19(25)16-10-6-7-11-17(16)22-20(23)26-13-18(24)21-12-15-8-4-3-5-9-15/h6-7,10-11,14-15H,3-5,8-9,12-13H2,1-2H3,(H,21,24). The SMILES string of the molecule is CC(C)n1c(SCC(=O)NCC2CCCCC2)nc2ccccc2c1=O. The van der Waals surface area contributed by atoms with E-state index >= 15 is 0 Å². The number of hydrogen-bond donors (Lipinski definition) is 1. The lowest BCUT2D eigenvalue weighted by molar-refractivity contribution is -0.118. The summed E-state index contributed by atoms with van der Waals surface area (Å²) in [5, 5.41) is 4.27. The molecular formula is C20H27N3O2S. The van der Waals surface area contributed by atoms with Crippen LogP contribution in [0.5, 0.6) is 0 Å². The number of fused-ring (bicyclic) bond motifs is 1. The van der Waals surface area contributed by atoms with Gasteiger partial charge >= 0.3 is 0 Å². The highest BCUT2D eigenvalue weighted by atomic mass is 32.2. The van der Waals surface area contributed by atoms with Gasteiger partial charge in [0.05, 0.1) is 16.7 Å². The Balaban J connectivity index is 1.68. The Hall–Kier alpha value is -1.82. The number of rotatable bonds is 6. The van der Waals surface area contributed by atoms with Crippen molar-refractivity contribution < 1.29 is 4.79 Å². The van der Waals surface area contributed by atoms with Crippen LogP contribution in [0.15, 0.2) is 34.2 Å². The Bertz CT molecular complexity index is 825. The van der Waals surface area contributed by atoms with Crippen molar-refractivity contribution in [1.29, 1.82) is 0 Å². The van der Waals surface area contributed by atoms with E-state index in [2.05, 4.69) is 10.3 Å². The van der Waals surface area contributed by atoms with Crippen LogP contribution in [-0.2, 0) is 4.79 Å². The van der Waals surface area contributed by atoms with Crippen LogP contribution in [0.4, 0.5) is 0 Å². The number of aromatic nitrogens is 2. The zero-order valence-corrected chi connectivity index (χ0v) is 16.3. The zero-order chi connectivity index (χ0) is 18.5. The third kappa shape index (κ3) is 4.47. The molecule has 3 rings (SSSR count). The predicted octanol–water partition coefficient (Wildman–Crippen LogP) is 3.77. The molecule has 1 amide bonds. The molecule has 0 unspecified atom stereocenters. The molecule has 26 heavy (non-hydrogen) atoms. The van der Waals surface area contributed by atoms with Crippen LogP contribution in [0.1, 0.15) is 52.0 Å². The summed E-state index contributed by atoms with van der Waals surface area (Å²) < 4.78 is 1.68. The number of carbonyl (C=O) groups excluding carboxylic acids is 1. The van der Waals surface area contributed by atoms with Gasteiger partial charge < -0.3 is 5.32 Å². The first-order valence-corrected chi connectivity index (χ1v) is 10.5. The van der Waals surface area contributed by atoms with Gasteiger partial charge in [-0.05, 0) is 44.7 Å². The average molecular weight is 374 g/mol. The summed E-state index contributed by atoms with van der Waals surface area (Å²) in [4.78, 5) is 29.6. The maximum Gasteiger partial charge on any atom is 0.262 e. The second-order valence-corrected chi connectivity index (χ2v) is 8.22. The molecule has 1 N–H and O–H groups in total. The number of carbonyl (C=O) groups is 1. The quantitative estimate of drug-likeness (QED) is 0.618. The Kier molecular flexibility index (Phi) is 6.35. The van der Waals surface area contributed by atoms with Crippen LogP contribution in [0, 0.1) is 5.92 Å². The molecular weight excluding hydrogens is 346 g/mol. The summed E-state index contributed by atoms with van der Waals surface area (Å²) in [6.07, 6.45) is 6.30. The molecule has 0 radical (unpaired) electrons. The van der Waals surface area contributed by atoms with Crippen molar-refractivity contribution >= 4 is 28.6 Å². The molecule has 0 spiro atoms. The minimum atomic E-state index is -0.0456. The first kappa shape index (κ1) is 19.0. The average Bonchev–Trinajstić information content (AvgIpc) is 2.65. The van der Waals surface area contributed by atoms with E-state index in [1.165, 1.54) is 43.9 Å². The fourth-order valence-electron chi connectivity index (χ4n) is 3.51. The molecule has 1 aromatic carbocycles. The van der Waals surface area contributed by atoms with E-state index in [1.807, 2.05) is 32.0 Å². The molecule has 1 fully saturated rings. The normalized spacial score (nSPS) is 15.5. The topological polar surface area (TPSA) is 64.0 Å². The van der Waals surface area contributed by atoms with Crippen LogP contribution < -0.4 is 10.9 Å². The molecule has 0 atom stereocenters. The molecule has 6 heteroatoms. The van der Waals surface area contributed by atoms with Gasteiger partial charge in [0.1, 0.15) is 0 Å². The number of thioether (sulfide) groups is 1. The fraction of sp³-hybridized carbons (Fsp3) is 0.550. The number of benzene rings is 1. The first-order chi connectivity index (χ1) is 12.6. The van der Waals surface area contributed by atoms with Gasteiger partial charge in [0.25, 0.3) is 5.56 Å². The maximum atomic E-state index is 12.8. The smallest absolute Gasteiger partial charge is 0.262 e. The molecule has 2 aromatic rings. The van der Waals surface area contributed by atoms with Crippen molar-refractivity contribution in [3.05, 3.63) is 34.6 Å². The zero-order valence-electron chi connectivity index (χ0n) is 15.5. The number of nitrogens with zero attached hydrogens (tertiary/aromatic N) is 2. The van der Waals surface area contributed by atoms with Gasteiger partial charge in [0, 0.05) is 12.6 Å². The van der Waals surface area contributed by atoms with E-state index in [1.54, 1.807) is 10.6 Å². The van der Waals surface area contributed by atoms with Crippen LogP contribution in [-0.4, -0.2) is 27.8 Å². The fourth-order valence-corrected chi connectivity index (χ4v) is 4.47. The molecule has 1 aliphatic rings. The second kappa shape index (κ2) is 8.71. The lowest BCUT2D eigenvalue weighted by atomic mass is 9.89. The Morgan fingerprint density at radius 3 is 2.73 bits per heavy atom. The van der Waals surface area contributed by atoms with Crippen molar-refractivity contribution in [3.8, 4) is 0 Å². The molecule has 140 valence electrons. The molecule has 1 aliphatic carbocycles. The van der Waals surface area contributed by atoms with Gasteiger partial charge in [0.15, 0.2) is 5.16 Å². The minimum absolute atomic E-state index is 0.00703. The molecule has 1 heterocycles. The maximum absolute atomic E-state index is 12.8. The Morgan fingerprint density at radius 1 is 1.27 bits per heavy atom.